The molecule has 1 aliphatic rings. The normalized spacial score (nSPS) is 15.9. The Balaban J connectivity index is 2.39. The van der Waals surface area contributed by atoms with Gasteiger partial charge >= 0.3 is 0 Å². The number of ketones is 1. The van der Waals surface area contributed by atoms with Crippen molar-refractivity contribution in [1.82, 2.24) is 0 Å². The van der Waals surface area contributed by atoms with Gasteiger partial charge in [0, 0.05) is 11.0 Å². The minimum absolute atomic E-state index is 0.153. The summed E-state index contributed by atoms with van der Waals surface area (Å²) >= 11 is 3.24. The Morgan fingerprint density at radius 1 is 1.37 bits per heavy atom. The van der Waals surface area contributed by atoms with Crippen LogP contribution in [0, 0.1) is 11.7 Å². The van der Waals surface area contributed by atoms with Crippen molar-refractivity contribution in [3.8, 4) is 0 Å². The van der Waals surface area contributed by atoms with Gasteiger partial charge < -0.3 is 4.90 Å². The number of halogens is 2. The lowest BCUT2D eigenvalue weighted by Gasteiger charge is -2.21. The van der Waals surface area contributed by atoms with Crippen LogP contribution >= 0.6 is 15.9 Å². The second-order valence-corrected chi connectivity index (χ2v) is 5.78. The molecular weight excluding hydrogens is 313 g/mol. The first-order valence-corrected chi connectivity index (χ1v) is 7.10. The molecule has 1 unspecified atom stereocenters. The third kappa shape index (κ3) is 2.56. The number of anilines is 1. The number of hydrogen-bond acceptors (Lipinski definition) is 2. The average Bonchev–Trinajstić information content (AvgIpc) is 2.55. The summed E-state index contributed by atoms with van der Waals surface area (Å²) in [5.41, 5.74) is 0.653. The highest BCUT2D eigenvalue weighted by atomic mass is 79.9. The van der Waals surface area contributed by atoms with Crippen molar-refractivity contribution >= 4 is 33.3 Å². The molecule has 1 aromatic rings. The van der Waals surface area contributed by atoms with E-state index in [2.05, 4.69) is 22.9 Å². The molecular formula is C14H15BrFNO2. The second kappa shape index (κ2) is 5.41. The lowest BCUT2D eigenvalue weighted by Crippen LogP contribution is -2.33. The molecule has 0 N–H and O–H groups in total. The van der Waals surface area contributed by atoms with Crippen molar-refractivity contribution in [1.29, 1.82) is 0 Å². The van der Waals surface area contributed by atoms with E-state index in [9.17, 15) is 14.0 Å². The number of carbonyl (C=O) groups is 2. The molecule has 1 heterocycles. The monoisotopic (exact) mass is 327 g/mol. The van der Waals surface area contributed by atoms with Crippen LogP contribution in [-0.2, 0) is 4.79 Å². The maximum Gasteiger partial charge on any atom is 0.299 e. The number of fused-ring (bicyclic) bond motifs is 1. The van der Waals surface area contributed by atoms with Gasteiger partial charge in [0.15, 0.2) is 0 Å². The van der Waals surface area contributed by atoms with Crippen LogP contribution in [0.4, 0.5) is 10.1 Å². The van der Waals surface area contributed by atoms with E-state index in [-0.39, 0.29) is 5.56 Å². The minimum Gasteiger partial charge on any atom is -0.303 e. The molecule has 0 saturated heterocycles. The summed E-state index contributed by atoms with van der Waals surface area (Å²) in [7, 11) is 0. The first kappa shape index (κ1) is 14.2. The van der Waals surface area contributed by atoms with Crippen LogP contribution < -0.4 is 4.90 Å². The van der Waals surface area contributed by atoms with Gasteiger partial charge in [-0.25, -0.2) is 4.39 Å². The van der Waals surface area contributed by atoms with Crippen LogP contribution in [0.1, 0.15) is 37.0 Å². The average molecular weight is 328 g/mol. The zero-order chi connectivity index (χ0) is 14.2. The maximum atomic E-state index is 13.3. The minimum atomic E-state index is -0.626. The summed E-state index contributed by atoms with van der Waals surface area (Å²) in [5.74, 6) is -1.41. The topological polar surface area (TPSA) is 37.4 Å². The van der Waals surface area contributed by atoms with Gasteiger partial charge in [-0.3, -0.25) is 9.59 Å². The lowest BCUT2D eigenvalue weighted by molar-refractivity contribution is -0.114. The van der Waals surface area contributed by atoms with E-state index in [4.69, 9.17) is 0 Å². The van der Waals surface area contributed by atoms with Gasteiger partial charge in [0.2, 0.25) is 0 Å². The Bertz CT molecular complexity index is 544. The molecule has 0 spiro atoms. The summed E-state index contributed by atoms with van der Waals surface area (Å²) < 4.78 is 13.8. The Morgan fingerprint density at radius 2 is 2.05 bits per heavy atom. The van der Waals surface area contributed by atoms with E-state index >= 15 is 0 Å². The van der Waals surface area contributed by atoms with Crippen LogP contribution in [0.5, 0.6) is 0 Å². The molecule has 0 bridgehead atoms. The van der Waals surface area contributed by atoms with Crippen molar-refractivity contribution in [3.63, 3.8) is 0 Å². The Hall–Kier alpha value is -1.23. The second-order valence-electron chi connectivity index (χ2n) is 4.92. The summed E-state index contributed by atoms with van der Waals surface area (Å²) in [4.78, 5) is 25.3. The molecule has 19 heavy (non-hydrogen) atoms. The van der Waals surface area contributed by atoms with Crippen molar-refractivity contribution in [3.05, 3.63) is 28.0 Å². The summed E-state index contributed by atoms with van der Waals surface area (Å²) in [5, 5.41) is 0. The molecule has 0 fully saturated rings. The first-order valence-electron chi connectivity index (χ1n) is 6.31. The summed E-state index contributed by atoms with van der Waals surface area (Å²) in [6.45, 7) is 4.60. The van der Waals surface area contributed by atoms with Crippen molar-refractivity contribution in [2.24, 2.45) is 5.92 Å². The van der Waals surface area contributed by atoms with Gasteiger partial charge in [-0.15, -0.1) is 0 Å². The highest BCUT2D eigenvalue weighted by molar-refractivity contribution is 9.10. The van der Waals surface area contributed by atoms with Crippen LogP contribution in [0.15, 0.2) is 16.6 Å². The van der Waals surface area contributed by atoms with Crippen molar-refractivity contribution < 1.29 is 14.0 Å². The molecule has 0 aliphatic carbocycles. The van der Waals surface area contributed by atoms with Crippen molar-refractivity contribution in [2.75, 3.05) is 11.4 Å². The Labute approximate surface area is 119 Å². The van der Waals surface area contributed by atoms with Gasteiger partial charge in [0.05, 0.1) is 11.3 Å². The zero-order valence-corrected chi connectivity index (χ0v) is 12.5. The quantitative estimate of drug-likeness (QED) is 0.793. The van der Waals surface area contributed by atoms with E-state index < -0.39 is 17.5 Å². The molecule has 2 rings (SSSR count). The van der Waals surface area contributed by atoms with E-state index in [1.165, 1.54) is 11.0 Å². The van der Waals surface area contributed by atoms with E-state index in [1.807, 2.05) is 6.92 Å². The highest BCUT2D eigenvalue weighted by Crippen LogP contribution is 2.37. The fraction of sp³-hybridized carbons (Fsp3) is 0.429. The molecule has 102 valence electrons. The fourth-order valence-electron chi connectivity index (χ4n) is 2.42. The van der Waals surface area contributed by atoms with Gasteiger partial charge in [0.25, 0.3) is 11.7 Å². The lowest BCUT2D eigenvalue weighted by atomic mass is 10.1. The molecule has 0 radical (unpaired) electrons. The molecule has 5 heteroatoms. The summed E-state index contributed by atoms with van der Waals surface area (Å²) in [6.07, 6.45) is 2.00. The molecule has 1 aromatic carbocycles. The van der Waals surface area contributed by atoms with Crippen LogP contribution in [0.25, 0.3) is 0 Å². The molecule has 3 nitrogen and oxygen atoms in total. The predicted molar refractivity (Wildman–Crippen MR) is 74.9 cm³/mol. The van der Waals surface area contributed by atoms with Crippen LogP contribution in [-0.4, -0.2) is 18.2 Å². The number of rotatable bonds is 4. The third-order valence-corrected chi connectivity index (χ3v) is 3.86. The van der Waals surface area contributed by atoms with Crippen LogP contribution in [0.3, 0.4) is 0 Å². The van der Waals surface area contributed by atoms with E-state index in [1.54, 1.807) is 0 Å². The van der Waals surface area contributed by atoms with Crippen molar-refractivity contribution in [2.45, 2.75) is 26.7 Å². The maximum absolute atomic E-state index is 13.3. The van der Waals surface area contributed by atoms with Gasteiger partial charge in [0.1, 0.15) is 5.82 Å². The number of carbonyl (C=O) groups excluding carboxylic acids is 2. The standard InChI is InChI=1S/C14H15BrFNO2/c1-3-4-8(2)7-17-12-10(13(18)14(17)19)5-9(16)6-11(12)15/h5-6,8H,3-4,7H2,1-2H3. The highest BCUT2D eigenvalue weighted by Gasteiger charge is 2.38. The molecule has 1 aliphatic heterocycles. The number of nitrogens with zero attached hydrogens (tertiary/aromatic N) is 1. The molecule has 0 saturated carbocycles. The van der Waals surface area contributed by atoms with Gasteiger partial charge in [-0.2, -0.15) is 0 Å². The predicted octanol–water partition coefficient (Wildman–Crippen LogP) is 3.55. The number of hydrogen-bond donors (Lipinski definition) is 0. The number of benzene rings is 1. The molecule has 1 atom stereocenters. The van der Waals surface area contributed by atoms with E-state index in [0.717, 1.165) is 18.9 Å². The smallest absolute Gasteiger partial charge is 0.299 e. The van der Waals surface area contributed by atoms with Gasteiger partial charge in [-0.1, -0.05) is 20.3 Å². The number of amides is 1. The number of Topliss-reactive ketones (excluding diaryl/α,β-unsaturated/α-hetero) is 1. The van der Waals surface area contributed by atoms with Gasteiger partial charge in [-0.05, 0) is 40.4 Å². The SMILES string of the molecule is CCCC(C)CN1C(=O)C(=O)c2cc(F)cc(Br)c21. The first-order chi connectivity index (χ1) is 8.95. The Kier molecular flexibility index (Phi) is 4.04. The Morgan fingerprint density at radius 3 is 2.68 bits per heavy atom. The molecule has 0 aromatic heterocycles. The third-order valence-electron chi connectivity index (χ3n) is 3.26. The van der Waals surface area contributed by atoms with E-state index in [0.29, 0.717) is 22.6 Å². The largest absolute Gasteiger partial charge is 0.303 e. The van der Waals surface area contributed by atoms with Crippen LogP contribution in [0.2, 0.25) is 0 Å². The zero-order valence-electron chi connectivity index (χ0n) is 10.9. The fourth-order valence-corrected chi connectivity index (χ4v) is 3.07. The molecule has 1 amide bonds. The summed E-state index contributed by atoms with van der Waals surface area (Å²) in [6, 6.07) is 2.41.